The minimum Gasteiger partial charge on any atom is -0.385 e. The van der Waals surface area contributed by atoms with Crippen LogP contribution in [0.1, 0.15) is 17.9 Å². The van der Waals surface area contributed by atoms with Crippen molar-refractivity contribution in [1.82, 2.24) is 9.55 Å². The Balaban J connectivity index is 2.49. The number of aliphatic hydroxyl groups is 2. The van der Waals surface area contributed by atoms with Crippen LogP contribution >= 0.6 is 20.0 Å². The van der Waals surface area contributed by atoms with Gasteiger partial charge in [-0.25, -0.2) is 13.8 Å². The summed E-state index contributed by atoms with van der Waals surface area (Å²) in [6.07, 6.45) is -6.96. The van der Waals surface area contributed by atoms with Gasteiger partial charge in [-0.3, -0.25) is 18.9 Å². The van der Waals surface area contributed by atoms with Crippen LogP contribution in [0.15, 0.2) is 11.0 Å². The molecule has 1 aromatic rings. The monoisotopic (exact) mass is 387 g/mol. The third kappa shape index (κ3) is 3.68. The Morgan fingerprint density at radius 3 is 2.79 bits per heavy atom. The van der Waals surface area contributed by atoms with Crippen molar-refractivity contribution in [3.05, 3.63) is 26.9 Å². The number of aromatic amines is 1. The van der Waals surface area contributed by atoms with Crippen LogP contribution in [0.25, 0.3) is 0 Å². The molecule has 1 saturated heterocycles. The summed E-state index contributed by atoms with van der Waals surface area (Å²) in [7, 11) is -5.16. The summed E-state index contributed by atoms with van der Waals surface area (Å²) >= 11 is 4.69. The van der Waals surface area contributed by atoms with E-state index in [9.17, 15) is 28.8 Å². The van der Waals surface area contributed by atoms with Crippen molar-refractivity contribution in [3.63, 3.8) is 0 Å². The number of rotatable bonds is 5. The first kappa shape index (κ1) is 17.5. The molecule has 24 heavy (non-hydrogen) atoms. The van der Waals surface area contributed by atoms with Gasteiger partial charge in [-0.05, 0) is 0 Å². The van der Waals surface area contributed by atoms with Crippen LogP contribution < -0.4 is 5.69 Å². The topological polar surface area (TPSA) is 171 Å². The molecular weight excluding hydrogens is 374 g/mol. The van der Waals surface area contributed by atoms with Crippen molar-refractivity contribution in [3.8, 4) is 0 Å². The normalized spacial score (nSPS) is 34.1. The first-order valence-corrected chi connectivity index (χ1v) is 8.05. The Morgan fingerprint density at radius 1 is 1.62 bits per heavy atom. The second kappa shape index (κ2) is 6.54. The Bertz CT molecular complexity index is 858. The SMILES string of the molecule is [2H][C@@]1(n2cc(C=O)c(=S)[nH]c2=O)O[C@](F)(COP(=O)(O)O)[C@@H](O)[C@H]1O. The summed E-state index contributed by atoms with van der Waals surface area (Å²) in [5.41, 5.74) is -1.47. The Labute approximate surface area is 138 Å². The number of nitrogens with zero attached hydrogens (tertiary/aromatic N) is 1. The number of ether oxygens (including phenoxy) is 1. The number of alkyl halides is 1. The zero-order valence-electron chi connectivity index (χ0n) is 12.5. The van der Waals surface area contributed by atoms with Crippen LogP contribution in [0, 0.1) is 4.64 Å². The van der Waals surface area contributed by atoms with Gasteiger partial charge in [-0.1, -0.05) is 12.2 Å². The number of aldehydes is 1. The van der Waals surface area contributed by atoms with Crippen LogP contribution in [0.4, 0.5) is 4.39 Å². The van der Waals surface area contributed by atoms with Crippen molar-refractivity contribution >= 4 is 26.3 Å². The molecule has 0 spiro atoms. The number of halogens is 1. The minimum absolute atomic E-state index is 0.218. The van der Waals surface area contributed by atoms with Gasteiger partial charge in [0.25, 0.3) is 5.85 Å². The predicted molar refractivity (Wildman–Crippen MR) is 75.2 cm³/mol. The maximum atomic E-state index is 14.6. The molecule has 14 heteroatoms. The van der Waals surface area contributed by atoms with Gasteiger partial charge in [-0.15, -0.1) is 0 Å². The van der Waals surface area contributed by atoms with Gasteiger partial charge >= 0.3 is 13.5 Å². The maximum Gasteiger partial charge on any atom is 0.469 e. The first-order valence-electron chi connectivity index (χ1n) is 6.61. The number of carbonyl (C=O) groups is 1. The van der Waals surface area contributed by atoms with Crippen molar-refractivity contribution in [2.75, 3.05) is 6.61 Å². The standard InChI is InChI=1S/C10H12FN2O9PS/c11-10(3-21-23(18,19)20)6(16)5(15)8(22-10)13-1-4(2-14)7(24)12-9(13)17/h1-2,5-6,8,15-16H,3H2,(H,12,17,24)(H2,18,19,20)/t5-,6+,8-,10-/m1/s1/i8D. The number of nitrogens with one attached hydrogen (secondary N) is 1. The molecule has 0 unspecified atom stereocenters. The molecule has 0 bridgehead atoms. The number of phosphoric acid groups is 1. The summed E-state index contributed by atoms with van der Waals surface area (Å²) in [5, 5.41) is 19.7. The van der Waals surface area contributed by atoms with E-state index in [1.54, 1.807) is 0 Å². The number of aromatic nitrogens is 2. The van der Waals surface area contributed by atoms with E-state index < -0.39 is 44.4 Å². The number of aliphatic hydroxyl groups excluding tert-OH is 2. The van der Waals surface area contributed by atoms with E-state index in [2.05, 4.69) is 9.26 Å². The molecule has 1 aromatic heterocycles. The van der Waals surface area contributed by atoms with Crippen molar-refractivity contribution in [2.45, 2.75) is 24.3 Å². The lowest BCUT2D eigenvalue weighted by Crippen LogP contribution is -2.42. The van der Waals surface area contributed by atoms with E-state index in [1.807, 2.05) is 4.98 Å². The highest BCUT2D eigenvalue weighted by Gasteiger charge is 2.57. The minimum atomic E-state index is -5.16. The molecule has 2 rings (SSSR count). The summed E-state index contributed by atoms with van der Waals surface area (Å²) in [5.74, 6) is -3.43. The van der Waals surface area contributed by atoms with Gasteiger partial charge in [-0.2, -0.15) is 0 Å². The maximum absolute atomic E-state index is 14.6. The van der Waals surface area contributed by atoms with Gasteiger partial charge in [0.15, 0.2) is 12.5 Å². The first-order chi connectivity index (χ1) is 11.3. The highest BCUT2D eigenvalue weighted by atomic mass is 32.1. The lowest BCUT2D eigenvalue weighted by Gasteiger charge is -2.22. The van der Waals surface area contributed by atoms with Crippen LogP contribution in [-0.4, -0.2) is 60.5 Å². The van der Waals surface area contributed by atoms with Crippen molar-refractivity contribution in [1.29, 1.82) is 0 Å². The highest BCUT2D eigenvalue weighted by Crippen LogP contribution is 2.43. The van der Waals surface area contributed by atoms with E-state index in [0.717, 1.165) is 0 Å². The highest BCUT2D eigenvalue weighted by molar-refractivity contribution is 7.71. The Hall–Kier alpha value is -1.31. The van der Waals surface area contributed by atoms with Crippen LogP contribution in [-0.2, 0) is 13.8 Å². The van der Waals surface area contributed by atoms with Crippen molar-refractivity contribution in [2.24, 2.45) is 0 Å². The quantitative estimate of drug-likeness (QED) is 0.233. The number of hydrogen-bond donors (Lipinski definition) is 5. The van der Waals surface area contributed by atoms with E-state index in [4.69, 9.17) is 23.4 Å². The third-order valence-corrected chi connectivity index (χ3v) is 3.83. The molecule has 1 fully saturated rings. The summed E-state index contributed by atoms with van der Waals surface area (Å²) in [4.78, 5) is 42.0. The van der Waals surface area contributed by atoms with Gasteiger partial charge < -0.3 is 24.7 Å². The second-order valence-electron chi connectivity index (χ2n) is 4.71. The van der Waals surface area contributed by atoms with E-state index in [1.165, 1.54) is 0 Å². The summed E-state index contributed by atoms with van der Waals surface area (Å²) < 4.78 is 41.8. The molecule has 0 saturated carbocycles. The molecule has 11 nitrogen and oxygen atoms in total. The molecular formula is C10H12FN2O9PS. The average molecular weight is 387 g/mol. The molecule has 0 amide bonds. The van der Waals surface area contributed by atoms with Gasteiger partial charge in [0.2, 0.25) is 0 Å². The molecule has 5 N–H and O–H groups in total. The number of phosphoric ester groups is 1. The zero-order chi connectivity index (χ0) is 19.2. The van der Waals surface area contributed by atoms with E-state index in [-0.39, 0.29) is 21.1 Å². The predicted octanol–water partition coefficient (Wildman–Crippen LogP) is -1.26. The number of carbonyl (C=O) groups excluding carboxylic acids is 1. The fourth-order valence-electron chi connectivity index (χ4n) is 1.88. The molecule has 0 radical (unpaired) electrons. The van der Waals surface area contributed by atoms with Crippen LogP contribution in [0.3, 0.4) is 0 Å². The van der Waals surface area contributed by atoms with E-state index >= 15 is 0 Å². The smallest absolute Gasteiger partial charge is 0.385 e. The zero-order valence-corrected chi connectivity index (χ0v) is 13.2. The van der Waals surface area contributed by atoms with Crippen LogP contribution in [0.5, 0.6) is 0 Å². The summed E-state index contributed by atoms with van der Waals surface area (Å²) in [6, 6.07) is 0. The fourth-order valence-corrected chi connectivity index (χ4v) is 2.41. The molecule has 134 valence electrons. The molecule has 4 atom stereocenters. The van der Waals surface area contributed by atoms with E-state index in [0.29, 0.717) is 6.20 Å². The van der Waals surface area contributed by atoms with Gasteiger partial charge in [0.05, 0.1) is 6.93 Å². The molecule has 0 aliphatic carbocycles. The van der Waals surface area contributed by atoms with Gasteiger partial charge in [0, 0.05) is 6.20 Å². The average Bonchev–Trinajstić information content (AvgIpc) is 2.67. The number of H-pyrrole nitrogens is 1. The summed E-state index contributed by atoms with van der Waals surface area (Å²) in [6.45, 7) is -1.55. The Morgan fingerprint density at radius 2 is 2.25 bits per heavy atom. The molecule has 2 heterocycles. The molecule has 0 aromatic carbocycles. The van der Waals surface area contributed by atoms with Crippen molar-refractivity contribution < 1.29 is 44.4 Å². The molecule has 1 aliphatic rings. The Kier molecular flexibility index (Phi) is 4.77. The molecule has 1 aliphatic heterocycles. The lowest BCUT2D eigenvalue weighted by molar-refractivity contribution is -0.205. The fraction of sp³-hybridized carbons (Fsp3) is 0.500. The third-order valence-electron chi connectivity index (χ3n) is 3.03. The van der Waals surface area contributed by atoms with Crippen LogP contribution in [0.2, 0.25) is 0 Å². The largest absolute Gasteiger partial charge is 0.469 e. The van der Waals surface area contributed by atoms with Gasteiger partial charge in [0.1, 0.15) is 23.5 Å². The lowest BCUT2D eigenvalue weighted by atomic mass is 10.1. The second-order valence-corrected chi connectivity index (χ2v) is 6.36. The number of hydrogen-bond acceptors (Lipinski definition) is 8.